The molecule has 19 heavy (non-hydrogen) atoms. The number of aromatic nitrogens is 3. The van der Waals surface area contributed by atoms with Gasteiger partial charge in [-0.1, -0.05) is 19.6 Å². The van der Waals surface area contributed by atoms with Gasteiger partial charge in [-0.15, -0.1) is 0 Å². The molecule has 2 heterocycles. The minimum atomic E-state index is -1.02. The van der Waals surface area contributed by atoms with E-state index in [-0.39, 0.29) is 0 Å². The van der Waals surface area contributed by atoms with Crippen LogP contribution in [0.25, 0.3) is 11.0 Å². The maximum Gasteiger partial charge on any atom is 0.145 e. The lowest BCUT2D eigenvalue weighted by molar-refractivity contribution is 0.0899. The van der Waals surface area contributed by atoms with Crippen molar-refractivity contribution in [3.63, 3.8) is 0 Å². The van der Waals surface area contributed by atoms with Gasteiger partial charge in [-0.3, -0.25) is 0 Å². The zero-order chi connectivity index (χ0) is 13.9. The van der Waals surface area contributed by atoms with Gasteiger partial charge in [-0.05, 0) is 12.1 Å². The Hall–Kier alpha value is -1.24. The smallest absolute Gasteiger partial charge is 0.145 e. The Labute approximate surface area is 114 Å². The molecule has 0 radical (unpaired) electrons. The van der Waals surface area contributed by atoms with Crippen molar-refractivity contribution in [1.29, 1.82) is 0 Å². The molecular weight excluding hydrogens is 256 g/mol. The van der Waals surface area contributed by atoms with E-state index in [4.69, 9.17) is 10.5 Å². The summed E-state index contributed by atoms with van der Waals surface area (Å²) in [6.07, 6.45) is 3.54. The zero-order valence-electron chi connectivity index (χ0n) is 11.9. The first kappa shape index (κ1) is 14.2. The van der Waals surface area contributed by atoms with Crippen LogP contribution in [0.3, 0.4) is 0 Å². The summed E-state index contributed by atoms with van der Waals surface area (Å²) in [7, 11) is -1.02. The molecule has 6 heteroatoms. The van der Waals surface area contributed by atoms with E-state index >= 15 is 0 Å². The van der Waals surface area contributed by atoms with E-state index in [0.717, 1.165) is 23.3 Å². The van der Waals surface area contributed by atoms with Crippen LogP contribution >= 0.6 is 0 Å². The van der Waals surface area contributed by atoms with Crippen molar-refractivity contribution in [1.82, 2.24) is 14.5 Å². The lowest BCUT2D eigenvalue weighted by atomic mass is 10.3. The van der Waals surface area contributed by atoms with E-state index in [1.807, 2.05) is 16.8 Å². The molecule has 0 atom stereocenters. The maximum atomic E-state index is 5.74. The molecule has 2 aromatic heterocycles. The first-order valence-corrected chi connectivity index (χ1v) is 10.3. The van der Waals surface area contributed by atoms with Crippen LogP contribution in [-0.4, -0.2) is 29.2 Å². The molecule has 0 aromatic carbocycles. The van der Waals surface area contributed by atoms with Crippen LogP contribution in [0.1, 0.15) is 5.69 Å². The number of ether oxygens (including phenoxy) is 1. The number of nitrogens with zero attached hydrogens (tertiary/aromatic N) is 3. The first-order valence-electron chi connectivity index (χ1n) is 6.58. The van der Waals surface area contributed by atoms with Crippen molar-refractivity contribution >= 4 is 19.1 Å². The fourth-order valence-corrected chi connectivity index (χ4v) is 2.62. The van der Waals surface area contributed by atoms with Crippen molar-refractivity contribution in [2.75, 3.05) is 6.61 Å². The summed E-state index contributed by atoms with van der Waals surface area (Å²) in [5, 5.41) is 1.01. The predicted octanol–water partition coefficient (Wildman–Crippen LogP) is 2.20. The lowest BCUT2D eigenvalue weighted by Crippen LogP contribution is -2.22. The third-order valence-corrected chi connectivity index (χ3v) is 4.76. The summed E-state index contributed by atoms with van der Waals surface area (Å²) in [5.41, 5.74) is 7.44. The summed E-state index contributed by atoms with van der Waals surface area (Å²) >= 11 is 0. The molecule has 0 fully saturated rings. The summed E-state index contributed by atoms with van der Waals surface area (Å²) in [4.78, 5) is 8.48. The van der Waals surface area contributed by atoms with Crippen molar-refractivity contribution in [2.24, 2.45) is 5.73 Å². The van der Waals surface area contributed by atoms with Crippen molar-refractivity contribution < 1.29 is 4.74 Å². The largest absolute Gasteiger partial charge is 0.361 e. The standard InChI is InChI=1S/C13H22N4OSi/c1-19(2,3)7-6-18-10-17-5-4-11-12(8-14)15-9-16-13(11)17/h4-5,9H,6-8,10,14H2,1-3H3. The molecular formula is C13H22N4OSi. The molecule has 0 spiro atoms. The number of rotatable bonds is 6. The van der Waals surface area contributed by atoms with Crippen molar-refractivity contribution in [2.45, 2.75) is 39.0 Å². The molecule has 0 bridgehead atoms. The minimum absolute atomic E-state index is 0.430. The van der Waals surface area contributed by atoms with Gasteiger partial charge in [0.1, 0.15) is 18.7 Å². The van der Waals surface area contributed by atoms with Crippen LogP contribution in [0.4, 0.5) is 0 Å². The SMILES string of the molecule is C[Si](C)(C)CCOCn1ccc2c(CN)ncnc21. The molecule has 104 valence electrons. The average Bonchev–Trinajstić information content (AvgIpc) is 2.76. The quantitative estimate of drug-likeness (QED) is 0.650. The average molecular weight is 278 g/mol. The van der Waals surface area contributed by atoms with E-state index in [1.54, 1.807) is 6.33 Å². The highest BCUT2D eigenvalue weighted by Gasteiger charge is 2.12. The number of hydrogen-bond donors (Lipinski definition) is 1. The number of nitrogens with two attached hydrogens (primary N) is 1. The van der Waals surface area contributed by atoms with E-state index in [0.29, 0.717) is 13.3 Å². The monoisotopic (exact) mass is 278 g/mol. The summed E-state index contributed by atoms with van der Waals surface area (Å²) in [6.45, 7) is 8.82. The van der Waals surface area contributed by atoms with Crippen LogP contribution in [-0.2, 0) is 18.0 Å². The number of hydrogen-bond acceptors (Lipinski definition) is 4. The fourth-order valence-electron chi connectivity index (χ4n) is 1.86. The molecule has 0 aliphatic carbocycles. The Morgan fingerprint density at radius 1 is 1.32 bits per heavy atom. The Morgan fingerprint density at radius 3 is 2.79 bits per heavy atom. The molecule has 0 saturated heterocycles. The van der Waals surface area contributed by atoms with Crippen LogP contribution < -0.4 is 5.73 Å². The Kier molecular flexibility index (Phi) is 4.33. The maximum absolute atomic E-state index is 5.74. The van der Waals surface area contributed by atoms with E-state index < -0.39 is 8.07 Å². The highest BCUT2D eigenvalue weighted by atomic mass is 28.3. The summed E-state index contributed by atoms with van der Waals surface area (Å²) in [5.74, 6) is 0. The van der Waals surface area contributed by atoms with Crippen LogP contribution in [0, 0.1) is 0 Å². The lowest BCUT2D eigenvalue weighted by Gasteiger charge is -2.15. The van der Waals surface area contributed by atoms with Gasteiger partial charge in [-0.25, -0.2) is 9.97 Å². The molecule has 2 rings (SSSR count). The first-order chi connectivity index (χ1) is 9.01. The normalized spacial score (nSPS) is 12.2. The van der Waals surface area contributed by atoms with Gasteiger partial charge in [0, 0.05) is 32.8 Å². The van der Waals surface area contributed by atoms with E-state index in [1.165, 1.54) is 6.04 Å². The zero-order valence-corrected chi connectivity index (χ0v) is 12.9. The van der Waals surface area contributed by atoms with Crippen molar-refractivity contribution in [3.8, 4) is 0 Å². The second-order valence-electron chi connectivity index (χ2n) is 5.90. The Balaban J connectivity index is 2.02. The van der Waals surface area contributed by atoms with E-state index in [2.05, 4.69) is 29.6 Å². The van der Waals surface area contributed by atoms with Gasteiger partial charge in [0.2, 0.25) is 0 Å². The minimum Gasteiger partial charge on any atom is -0.361 e. The molecule has 2 aromatic rings. The van der Waals surface area contributed by atoms with E-state index in [9.17, 15) is 0 Å². The highest BCUT2D eigenvalue weighted by Crippen LogP contribution is 2.16. The molecule has 0 amide bonds. The topological polar surface area (TPSA) is 66.0 Å². The predicted molar refractivity (Wildman–Crippen MR) is 79.5 cm³/mol. The van der Waals surface area contributed by atoms with Gasteiger partial charge in [0.15, 0.2) is 0 Å². The molecule has 0 aliphatic rings. The van der Waals surface area contributed by atoms with Crippen LogP contribution in [0.15, 0.2) is 18.6 Å². The Bertz CT molecular complexity index is 547. The summed E-state index contributed by atoms with van der Waals surface area (Å²) in [6, 6.07) is 3.18. The van der Waals surface area contributed by atoms with Gasteiger partial charge >= 0.3 is 0 Å². The summed E-state index contributed by atoms with van der Waals surface area (Å²) < 4.78 is 7.74. The molecule has 5 nitrogen and oxygen atoms in total. The van der Waals surface area contributed by atoms with Gasteiger partial charge in [0.25, 0.3) is 0 Å². The third kappa shape index (κ3) is 3.62. The molecule has 0 saturated carbocycles. The fraction of sp³-hybridized carbons (Fsp3) is 0.538. The van der Waals surface area contributed by atoms with Gasteiger partial charge < -0.3 is 15.0 Å². The molecule has 0 aliphatic heterocycles. The second kappa shape index (κ2) is 5.81. The van der Waals surface area contributed by atoms with Crippen LogP contribution in [0.5, 0.6) is 0 Å². The second-order valence-corrected chi connectivity index (χ2v) is 11.5. The van der Waals surface area contributed by atoms with Gasteiger partial charge in [-0.2, -0.15) is 0 Å². The molecule has 2 N–H and O–H groups in total. The van der Waals surface area contributed by atoms with Gasteiger partial charge in [0.05, 0.1) is 5.69 Å². The Morgan fingerprint density at radius 2 is 2.11 bits per heavy atom. The molecule has 0 unspecified atom stereocenters. The highest BCUT2D eigenvalue weighted by molar-refractivity contribution is 6.76. The number of fused-ring (bicyclic) bond motifs is 1. The van der Waals surface area contributed by atoms with Crippen molar-refractivity contribution in [3.05, 3.63) is 24.3 Å². The van der Waals surface area contributed by atoms with Crippen LogP contribution in [0.2, 0.25) is 25.7 Å². The third-order valence-electron chi connectivity index (χ3n) is 3.06.